The molecule has 21 heavy (non-hydrogen) atoms. The molecule has 1 aromatic heterocycles. The molecule has 0 saturated heterocycles. The molecule has 4 heteroatoms. The maximum absolute atomic E-state index is 12.5. The fourth-order valence-electron chi connectivity index (χ4n) is 3.40. The molecule has 2 saturated carbocycles. The van der Waals surface area contributed by atoms with Gasteiger partial charge in [0.25, 0.3) is 0 Å². The van der Waals surface area contributed by atoms with Gasteiger partial charge in [-0.15, -0.1) is 0 Å². The summed E-state index contributed by atoms with van der Waals surface area (Å²) in [7, 11) is 0. The lowest BCUT2D eigenvalue weighted by Gasteiger charge is -2.38. The number of benzene rings is 1. The van der Waals surface area contributed by atoms with Crippen LogP contribution in [0.1, 0.15) is 50.9 Å². The van der Waals surface area contributed by atoms with E-state index in [9.17, 15) is 4.79 Å². The van der Waals surface area contributed by atoms with Crippen LogP contribution in [-0.2, 0) is 14.9 Å². The number of para-hydroxylation sites is 2. The minimum absolute atomic E-state index is 0.0894. The Morgan fingerprint density at radius 3 is 2.76 bits per heavy atom. The summed E-state index contributed by atoms with van der Waals surface area (Å²) in [6.07, 6.45) is 5.18. The highest BCUT2D eigenvalue weighted by Gasteiger charge is 2.51. The molecule has 0 N–H and O–H groups in total. The van der Waals surface area contributed by atoms with Crippen molar-refractivity contribution in [2.75, 3.05) is 6.61 Å². The number of ether oxygens (including phenoxy) is 1. The second kappa shape index (κ2) is 4.58. The van der Waals surface area contributed by atoms with Gasteiger partial charge in [0.05, 0.1) is 17.6 Å². The van der Waals surface area contributed by atoms with Crippen LogP contribution in [0.3, 0.4) is 0 Å². The molecule has 0 atom stereocenters. The van der Waals surface area contributed by atoms with Crippen molar-refractivity contribution in [2.45, 2.75) is 50.5 Å². The van der Waals surface area contributed by atoms with Gasteiger partial charge in [-0.3, -0.25) is 4.79 Å². The van der Waals surface area contributed by atoms with Gasteiger partial charge in [0, 0.05) is 6.04 Å². The quantitative estimate of drug-likeness (QED) is 0.809. The zero-order chi connectivity index (χ0) is 14.4. The van der Waals surface area contributed by atoms with E-state index in [4.69, 9.17) is 9.72 Å². The standard InChI is InChI=1S/C17H20N2O2/c1-2-21-16(20)17(10-5-11-17)15-18-13-6-3-4-7-14(13)19(15)12-8-9-12/h3-4,6-7,12H,2,5,8-11H2,1H3. The van der Waals surface area contributed by atoms with Crippen molar-refractivity contribution in [1.29, 1.82) is 0 Å². The van der Waals surface area contributed by atoms with Gasteiger partial charge in [-0.05, 0) is 44.7 Å². The number of fused-ring (bicyclic) bond motifs is 1. The predicted molar refractivity (Wildman–Crippen MR) is 80.2 cm³/mol. The van der Waals surface area contributed by atoms with Crippen LogP contribution >= 0.6 is 0 Å². The second-order valence-corrected chi connectivity index (χ2v) is 6.18. The number of aromatic nitrogens is 2. The van der Waals surface area contributed by atoms with E-state index in [-0.39, 0.29) is 5.97 Å². The van der Waals surface area contributed by atoms with E-state index in [0.29, 0.717) is 12.6 Å². The Morgan fingerprint density at radius 2 is 2.14 bits per heavy atom. The largest absolute Gasteiger partial charge is 0.465 e. The number of rotatable bonds is 4. The van der Waals surface area contributed by atoms with Crippen molar-refractivity contribution in [2.24, 2.45) is 0 Å². The molecule has 1 heterocycles. The Kier molecular flexibility index (Phi) is 2.81. The topological polar surface area (TPSA) is 44.1 Å². The molecule has 0 radical (unpaired) electrons. The first-order chi connectivity index (χ1) is 10.3. The van der Waals surface area contributed by atoms with Gasteiger partial charge in [0.2, 0.25) is 0 Å². The highest BCUT2D eigenvalue weighted by atomic mass is 16.5. The highest BCUT2D eigenvalue weighted by molar-refractivity contribution is 5.86. The van der Waals surface area contributed by atoms with Crippen molar-refractivity contribution >= 4 is 17.0 Å². The summed E-state index contributed by atoms with van der Waals surface area (Å²) < 4.78 is 7.67. The van der Waals surface area contributed by atoms with E-state index < -0.39 is 5.41 Å². The molecule has 4 nitrogen and oxygen atoms in total. The Balaban J connectivity index is 1.88. The number of carbonyl (C=O) groups is 1. The average Bonchev–Trinajstić information content (AvgIpc) is 3.19. The van der Waals surface area contributed by atoms with Gasteiger partial charge in [-0.1, -0.05) is 18.6 Å². The molecule has 4 rings (SSSR count). The molecule has 0 bridgehead atoms. The molecule has 2 aliphatic rings. The Labute approximate surface area is 124 Å². The molecule has 1 aromatic carbocycles. The monoisotopic (exact) mass is 284 g/mol. The lowest BCUT2D eigenvalue weighted by Crippen LogP contribution is -2.45. The number of hydrogen-bond donors (Lipinski definition) is 0. The van der Waals surface area contributed by atoms with Crippen molar-refractivity contribution in [3.63, 3.8) is 0 Å². The van der Waals surface area contributed by atoms with Crippen LogP contribution in [0.2, 0.25) is 0 Å². The van der Waals surface area contributed by atoms with Crippen molar-refractivity contribution in [3.05, 3.63) is 30.1 Å². The van der Waals surface area contributed by atoms with Crippen LogP contribution in [0.4, 0.5) is 0 Å². The number of nitrogens with zero attached hydrogens (tertiary/aromatic N) is 2. The number of imidazole rings is 1. The molecular weight excluding hydrogens is 264 g/mol. The summed E-state index contributed by atoms with van der Waals surface area (Å²) in [5.74, 6) is 0.851. The van der Waals surface area contributed by atoms with Crippen molar-refractivity contribution in [3.8, 4) is 0 Å². The summed E-state index contributed by atoms with van der Waals surface area (Å²) in [4.78, 5) is 17.4. The number of hydrogen-bond acceptors (Lipinski definition) is 3. The van der Waals surface area contributed by atoms with Gasteiger partial charge >= 0.3 is 5.97 Å². The third-order valence-electron chi connectivity index (χ3n) is 4.81. The molecule has 0 unspecified atom stereocenters. The number of esters is 1. The van der Waals surface area contributed by atoms with Crippen molar-refractivity contribution < 1.29 is 9.53 Å². The minimum atomic E-state index is -0.502. The van der Waals surface area contributed by atoms with Crippen LogP contribution in [0, 0.1) is 0 Å². The lowest BCUT2D eigenvalue weighted by molar-refractivity contribution is -0.154. The van der Waals surface area contributed by atoms with E-state index >= 15 is 0 Å². The molecule has 2 aliphatic carbocycles. The van der Waals surface area contributed by atoms with Crippen LogP contribution in [0.25, 0.3) is 11.0 Å². The van der Waals surface area contributed by atoms with Gasteiger partial charge in [0.15, 0.2) is 0 Å². The predicted octanol–water partition coefficient (Wildman–Crippen LogP) is 3.36. The maximum atomic E-state index is 12.5. The van der Waals surface area contributed by atoms with Crippen molar-refractivity contribution in [1.82, 2.24) is 9.55 Å². The van der Waals surface area contributed by atoms with Gasteiger partial charge in [-0.25, -0.2) is 4.98 Å². The fraction of sp³-hybridized carbons (Fsp3) is 0.529. The summed E-state index contributed by atoms with van der Waals surface area (Å²) in [5.41, 5.74) is 1.65. The van der Waals surface area contributed by atoms with E-state index in [1.807, 2.05) is 25.1 Å². The third kappa shape index (κ3) is 1.81. The Morgan fingerprint density at radius 1 is 1.38 bits per heavy atom. The van der Waals surface area contributed by atoms with Crippen LogP contribution < -0.4 is 0 Å². The SMILES string of the molecule is CCOC(=O)C1(c2nc3ccccc3n2C2CC2)CCC1. The molecule has 0 amide bonds. The first-order valence-corrected chi connectivity index (χ1v) is 7.91. The summed E-state index contributed by atoms with van der Waals surface area (Å²) in [5, 5.41) is 0. The molecule has 110 valence electrons. The van der Waals surface area contributed by atoms with E-state index in [1.54, 1.807) is 0 Å². The maximum Gasteiger partial charge on any atom is 0.319 e. The summed E-state index contributed by atoms with van der Waals surface area (Å²) in [6, 6.07) is 8.72. The smallest absolute Gasteiger partial charge is 0.319 e. The van der Waals surface area contributed by atoms with Crippen LogP contribution in [-0.4, -0.2) is 22.1 Å². The van der Waals surface area contributed by atoms with Gasteiger partial charge in [0.1, 0.15) is 11.2 Å². The van der Waals surface area contributed by atoms with Crippen LogP contribution in [0.15, 0.2) is 24.3 Å². The highest BCUT2D eigenvalue weighted by Crippen LogP contribution is 2.49. The molecule has 2 aromatic rings. The van der Waals surface area contributed by atoms with E-state index in [1.165, 1.54) is 12.8 Å². The first-order valence-electron chi connectivity index (χ1n) is 7.91. The summed E-state index contributed by atoms with van der Waals surface area (Å²) >= 11 is 0. The molecular formula is C17H20N2O2. The normalized spacial score (nSPS) is 20.2. The fourth-order valence-corrected chi connectivity index (χ4v) is 3.40. The summed E-state index contributed by atoms with van der Waals surface area (Å²) in [6.45, 7) is 2.30. The first kappa shape index (κ1) is 12.9. The van der Waals surface area contributed by atoms with E-state index in [0.717, 1.165) is 36.1 Å². The van der Waals surface area contributed by atoms with Gasteiger partial charge in [-0.2, -0.15) is 0 Å². The third-order valence-corrected chi connectivity index (χ3v) is 4.81. The number of carbonyl (C=O) groups excluding carboxylic acids is 1. The molecule has 0 spiro atoms. The Bertz CT molecular complexity index is 696. The average molecular weight is 284 g/mol. The van der Waals surface area contributed by atoms with E-state index in [2.05, 4.69) is 10.6 Å². The van der Waals surface area contributed by atoms with Gasteiger partial charge < -0.3 is 9.30 Å². The second-order valence-electron chi connectivity index (χ2n) is 6.18. The lowest BCUT2D eigenvalue weighted by atomic mass is 9.68. The zero-order valence-electron chi connectivity index (χ0n) is 12.3. The van der Waals surface area contributed by atoms with Crippen LogP contribution in [0.5, 0.6) is 0 Å². The zero-order valence-corrected chi connectivity index (χ0v) is 12.3. The molecule has 2 fully saturated rings. The minimum Gasteiger partial charge on any atom is -0.465 e. The Hall–Kier alpha value is -1.84. The molecule has 0 aliphatic heterocycles.